The summed E-state index contributed by atoms with van der Waals surface area (Å²) in [5.74, 6) is 6.97. The van der Waals surface area contributed by atoms with Crippen LogP contribution in [-0.2, 0) is 9.53 Å². The van der Waals surface area contributed by atoms with Gasteiger partial charge < -0.3 is 0 Å². The number of ether oxygens (including phenoxy) is 1. The number of hydrogen-bond acceptors (Lipinski definition) is 2. The Kier molecular flexibility index (Phi) is 2.57. The Bertz CT molecular complexity index is 189. The minimum atomic E-state index is -1.84. The molecule has 0 amide bonds. The zero-order valence-corrected chi connectivity index (χ0v) is 10.5. The Morgan fingerprint density at radius 2 is 1.92 bits per heavy atom. The van der Waals surface area contributed by atoms with Gasteiger partial charge in [-0.05, 0) is 0 Å². The minimum absolute atomic E-state index is 0.0238. The molecular formula is C9H18GeO2. The van der Waals surface area contributed by atoms with E-state index >= 15 is 0 Å². The second-order valence-corrected chi connectivity index (χ2v) is 16.0. The standard InChI is InChI=1S/C9H18GeO2/c1-5-12-8(11)9(6-7-9)10(2,3)4/h5-7H2,1-4H3. The predicted molar refractivity (Wildman–Crippen MR) is 51.9 cm³/mol. The number of carbonyl (C=O) groups excluding carboxylic acids is 1. The summed E-state index contributed by atoms with van der Waals surface area (Å²) in [5, 5.41) is 0. The van der Waals surface area contributed by atoms with E-state index in [1.165, 1.54) is 0 Å². The zero-order valence-electron chi connectivity index (χ0n) is 8.44. The van der Waals surface area contributed by atoms with Crippen LogP contribution in [0.1, 0.15) is 19.8 Å². The van der Waals surface area contributed by atoms with Crippen LogP contribution in [0.4, 0.5) is 0 Å². The van der Waals surface area contributed by atoms with E-state index in [-0.39, 0.29) is 10.2 Å². The molecule has 2 nitrogen and oxygen atoms in total. The van der Waals surface area contributed by atoms with Crippen molar-refractivity contribution in [3.63, 3.8) is 0 Å². The van der Waals surface area contributed by atoms with Crippen LogP contribution in [0.15, 0.2) is 0 Å². The number of hydrogen-bond donors (Lipinski definition) is 0. The van der Waals surface area contributed by atoms with Crippen molar-refractivity contribution in [3.8, 4) is 0 Å². The van der Waals surface area contributed by atoms with E-state index in [1.54, 1.807) is 0 Å². The molecule has 0 aromatic rings. The summed E-state index contributed by atoms with van der Waals surface area (Å²) in [4.78, 5) is 11.6. The molecule has 0 aliphatic heterocycles. The molecule has 0 saturated heterocycles. The fraction of sp³-hybridized carbons (Fsp3) is 0.889. The van der Waals surface area contributed by atoms with E-state index in [1.807, 2.05) is 6.92 Å². The van der Waals surface area contributed by atoms with E-state index in [0.29, 0.717) is 6.61 Å². The maximum atomic E-state index is 11.6. The topological polar surface area (TPSA) is 26.3 Å². The third kappa shape index (κ3) is 1.54. The summed E-state index contributed by atoms with van der Waals surface area (Å²) < 4.78 is 5.13. The summed E-state index contributed by atoms with van der Waals surface area (Å²) in [7, 11) is 0. The fourth-order valence-electron chi connectivity index (χ4n) is 1.65. The van der Waals surface area contributed by atoms with Gasteiger partial charge in [0.2, 0.25) is 0 Å². The summed E-state index contributed by atoms with van der Waals surface area (Å²) in [6.07, 6.45) is 2.16. The van der Waals surface area contributed by atoms with Gasteiger partial charge in [0.25, 0.3) is 0 Å². The molecule has 12 heavy (non-hydrogen) atoms. The summed E-state index contributed by atoms with van der Waals surface area (Å²) >= 11 is -1.84. The van der Waals surface area contributed by atoms with Crippen LogP contribution in [-0.4, -0.2) is 25.8 Å². The first-order valence-corrected chi connectivity index (χ1v) is 12.0. The molecule has 0 unspecified atom stereocenters. The van der Waals surface area contributed by atoms with Crippen molar-refractivity contribution in [2.75, 3.05) is 6.61 Å². The van der Waals surface area contributed by atoms with Crippen LogP contribution in [0, 0.1) is 0 Å². The second-order valence-electron chi connectivity index (χ2n) is 4.55. The van der Waals surface area contributed by atoms with Gasteiger partial charge in [0.1, 0.15) is 0 Å². The fourth-order valence-corrected chi connectivity index (χ4v) is 6.50. The van der Waals surface area contributed by atoms with Crippen LogP contribution in [0.3, 0.4) is 0 Å². The van der Waals surface area contributed by atoms with E-state index in [4.69, 9.17) is 4.74 Å². The monoisotopic (exact) mass is 232 g/mol. The first-order chi connectivity index (χ1) is 5.44. The first-order valence-electron chi connectivity index (χ1n) is 4.61. The van der Waals surface area contributed by atoms with Gasteiger partial charge in [-0.3, -0.25) is 0 Å². The number of rotatable bonds is 3. The van der Waals surface area contributed by atoms with Gasteiger partial charge in [-0.25, -0.2) is 0 Å². The molecule has 0 radical (unpaired) electrons. The van der Waals surface area contributed by atoms with Crippen molar-refractivity contribution in [1.29, 1.82) is 0 Å². The van der Waals surface area contributed by atoms with Crippen molar-refractivity contribution in [1.82, 2.24) is 0 Å². The Balaban J connectivity index is 2.67. The Morgan fingerprint density at radius 1 is 1.42 bits per heavy atom. The van der Waals surface area contributed by atoms with Gasteiger partial charge in [-0.1, -0.05) is 0 Å². The molecule has 0 N–H and O–H groups in total. The Morgan fingerprint density at radius 3 is 2.17 bits per heavy atom. The molecule has 0 bridgehead atoms. The van der Waals surface area contributed by atoms with Gasteiger partial charge >= 0.3 is 76.7 Å². The molecule has 1 aliphatic carbocycles. The Labute approximate surface area is 77.0 Å². The summed E-state index contributed by atoms with van der Waals surface area (Å²) in [6, 6.07) is 0. The normalized spacial score (nSPS) is 20.3. The van der Waals surface area contributed by atoms with Crippen molar-refractivity contribution < 1.29 is 9.53 Å². The predicted octanol–water partition coefficient (Wildman–Crippen LogP) is 2.42. The van der Waals surface area contributed by atoms with Gasteiger partial charge in [0.05, 0.1) is 0 Å². The molecule has 0 aromatic carbocycles. The molecule has 70 valence electrons. The first kappa shape index (κ1) is 10.1. The third-order valence-electron chi connectivity index (χ3n) is 2.85. The van der Waals surface area contributed by atoms with Gasteiger partial charge in [-0.15, -0.1) is 0 Å². The average Bonchev–Trinajstić information content (AvgIpc) is 2.63. The van der Waals surface area contributed by atoms with Crippen LogP contribution >= 0.6 is 0 Å². The summed E-state index contributed by atoms with van der Waals surface area (Å²) in [5.41, 5.74) is 0. The summed E-state index contributed by atoms with van der Waals surface area (Å²) in [6.45, 7) is 2.41. The van der Waals surface area contributed by atoms with Gasteiger partial charge in [-0.2, -0.15) is 0 Å². The number of esters is 1. The Hall–Kier alpha value is 0.0129. The van der Waals surface area contributed by atoms with E-state index in [2.05, 4.69) is 17.3 Å². The van der Waals surface area contributed by atoms with Gasteiger partial charge in [0.15, 0.2) is 0 Å². The van der Waals surface area contributed by atoms with Crippen molar-refractivity contribution in [2.24, 2.45) is 0 Å². The molecule has 0 spiro atoms. The van der Waals surface area contributed by atoms with Crippen LogP contribution < -0.4 is 0 Å². The molecule has 1 fully saturated rings. The third-order valence-corrected chi connectivity index (χ3v) is 10.4. The van der Waals surface area contributed by atoms with Gasteiger partial charge in [0, 0.05) is 0 Å². The molecule has 1 rings (SSSR count). The van der Waals surface area contributed by atoms with E-state index < -0.39 is 13.3 Å². The molecule has 0 heterocycles. The average molecular weight is 231 g/mol. The van der Waals surface area contributed by atoms with Crippen molar-refractivity contribution in [2.45, 2.75) is 41.3 Å². The van der Waals surface area contributed by atoms with Crippen molar-refractivity contribution in [3.05, 3.63) is 0 Å². The van der Waals surface area contributed by atoms with Crippen LogP contribution in [0.2, 0.25) is 21.5 Å². The molecule has 3 heteroatoms. The maximum absolute atomic E-state index is 11.6. The zero-order chi connectivity index (χ0) is 9.41. The molecular weight excluding hydrogens is 213 g/mol. The van der Waals surface area contributed by atoms with E-state index in [9.17, 15) is 4.79 Å². The van der Waals surface area contributed by atoms with Crippen molar-refractivity contribution >= 4 is 19.2 Å². The molecule has 1 aliphatic rings. The molecule has 0 atom stereocenters. The molecule has 0 aromatic heterocycles. The van der Waals surface area contributed by atoms with Crippen LogP contribution in [0.25, 0.3) is 0 Å². The quantitative estimate of drug-likeness (QED) is 0.550. The molecule has 1 saturated carbocycles. The second kappa shape index (κ2) is 3.05. The SMILES string of the molecule is CCOC(=O)[C]1([Ge]([CH3])([CH3])[CH3])CC1. The van der Waals surface area contributed by atoms with Crippen LogP contribution in [0.5, 0.6) is 0 Å². The number of carbonyl (C=O) groups is 1. The van der Waals surface area contributed by atoms with E-state index in [0.717, 1.165) is 12.8 Å².